The molecule has 128 valence electrons. The first-order valence-corrected chi connectivity index (χ1v) is 8.31. The Morgan fingerprint density at radius 3 is 2.43 bits per heavy atom. The fourth-order valence-electron chi connectivity index (χ4n) is 3.15. The molecule has 1 aliphatic heterocycles. The number of aliphatic hydroxyl groups excluding tert-OH is 1. The van der Waals surface area contributed by atoms with Crippen molar-refractivity contribution < 1.29 is 14.6 Å². The van der Waals surface area contributed by atoms with Crippen LogP contribution in [0.1, 0.15) is 50.5 Å². The largest absolute Gasteiger partial charge is 0.489 e. The maximum Gasteiger partial charge on any atom is 0.282 e. The lowest BCUT2D eigenvalue weighted by molar-refractivity contribution is 0.0491. The third-order valence-corrected chi connectivity index (χ3v) is 4.42. The quantitative estimate of drug-likeness (QED) is 0.894. The molecule has 1 fully saturated rings. The van der Waals surface area contributed by atoms with Crippen molar-refractivity contribution in [3.63, 3.8) is 0 Å². The van der Waals surface area contributed by atoms with Crippen LogP contribution in [-0.2, 0) is 4.74 Å². The van der Waals surface area contributed by atoms with E-state index in [1.807, 2.05) is 6.92 Å². The molecule has 23 heavy (non-hydrogen) atoms. The standard InChI is InChI=1S/C17H24N2O2.CH4O/c1-17(11-19-16(18)21-17)12-20-15-9-7-14(8-10-15)13-5-3-2-4-6-13;1-2/h7-10,13H,2-6,11-12H2,1H3,(H2,18,19);2H,1H3. The lowest BCUT2D eigenvalue weighted by Gasteiger charge is -2.24. The number of rotatable bonds is 4. The number of aliphatic hydroxyl groups is 1. The molecule has 1 saturated carbocycles. The molecule has 3 N–H and O–H groups in total. The maximum absolute atomic E-state index is 7.00. The van der Waals surface area contributed by atoms with E-state index in [0.717, 1.165) is 18.8 Å². The first-order chi connectivity index (χ1) is 11.1. The summed E-state index contributed by atoms with van der Waals surface area (Å²) >= 11 is 0. The molecule has 1 unspecified atom stereocenters. The fourth-order valence-corrected chi connectivity index (χ4v) is 3.15. The summed E-state index contributed by atoms with van der Waals surface area (Å²) in [4.78, 5) is 4.07. The number of amidine groups is 1. The van der Waals surface area contributed by atoms with E-state index in [-0.39, 0.29) is 6.02 Å². The number of nitrogens with zero attached hydrogens (tertiary/aromatic N) is 1. The van der Waals surface area contributed by atoms with Crippen molar-refractivity contribution in [2.75, 3.05) is 20.3 Å². The van der Waals surface area contributed by atoms with Gasteiger partial charge >= 0.3 is 0 Å². The van der Waals surface area contributed by atoms with Gasteiger partial charge in [-0.15, -0.1) is 0 Å². The van der Waals surface area contributed by atoms with Crippen LogP contribution in [0.25, 0.3) is 0 Å². The number of nitrogens with two attached hydrogens (primary N) is 1. The minimum absolute atomic E-state index is 0.258. The van der Waals surface area contributed by atoms with Crippen LogP contribution in [0.2, 0.25) is 0 Å². The molecule has 0 amide bonds. The Morgan fingerprint density at radius 1 is 1.22 bits per heavy atom. The number of aliphatic imine (C=N–C) groups is 1. The minimum Gasteiger partial charge on any atom is -0.489 e. The van der Waals surface area contributed by atoms with E-state index in [1.54, 1.807) is 0 Å². The van der Waals surface area contributed by atoms with Crippen LogP contribution < -0.4 is 10.5 Å². The maximum atomic E-state index is 7.00. The SMILES string of the molecule is CC1(COc2ccc(C3CCCCC3)cc2)CN=C(N)O1.CO. The lowest BCUT2D eigenvalue weighted by Crippen LogP contribution is -2.37. The van der Waals surface area contributed by atoms with Crippen LogP contribution in [0.5, 0.6) is 5.75 Å². The Hall–Kier alpha value is -1.75. The molecule has 5 heteroatoms. The van der Waals surface area contributed by atoms with E-state index in [2.05, 4.69) is 29.3 Å². The van der Waals surface area contributed by atoms with Gasteiger partial charge in [-0.3, -0.25) is 0 Å². The number of ether oxygens (including phenoxy) is 2. The highest BCUT2D eigenvalue weighted by atomic mass is 16.6. The molecule has 1 atom stereocenters. The summed E-state index contributed by atoms with van der Waals surface area (Å²) in [6, 6.07) is 8.79. The zero-order valence-corrected chi connectivity index (χ0v) is 14.1. The van der Waals surface area contributed by atoms with Crippen molar-refractivity contribution in [1.82, 2.24) is 0 Å². The van der Waals surface area contributed by atoms with Gasteiger partial charge in [0.05, 0.1) is 6.54 Å². The van der Waals surface area contributed by atoms with Crippen molar-refractivity contribution in [2.24, 2.45) is 10.7 Å². The van der Waals surface area contributed by atoms with Gasteiger partial charge in [-0.25, -0.2) is 4.99 Å². The van der Waals surface area contributed by atoms with Gasteiger partial charge in [0.1, 0.15) is 12.4 Å². The van der Waals surface area contributed by atoms with Gasteiger partial charge in [0.25, 0.3) is 6.02 Å². The Kier molecular flexibility index (Phi) is 6.28. The second-order valence-electron chi connectivity index (χ2n) is 6.40. The van der Waals surface area contributed by atoms with E-state index >= 15 is 0 Å². The minimum atomic E-state index is -0.438. The van der Waals surface area contributed by atoms with Gasteiger partial charge in [-0.1, -0.05) is 31.4 Å². The van der Waals surface area contributed by atoms with Crippen LogP contribution in [0.4, 0.5) is 0 Å². The number of hydrogen-bond acceptors (Lipinski definition) is 5. The number of benzene rings is 1. The number of hydrogen-bond donors (Lipinski definition) is 2. The smallest absolute Gasteiger partial charge is 0.282 e. The van der Waals surface area contributed by atoms with Crippen LogP contribution >= 0.6 is 0 Å². The van der Waals surface area contributed by atoms with Crippen molar-refractivity contribution >= 4 is 6.02 Å². The molecule has 1 aliphatic carbocycles. The molecule has 0 spiro atoms. The highest BCUT2D eigenvalue weighted by molar-refractivity contribution is 5.73. The highest BCUT2D eigenvalue weighted by Crippen LogP contribution is 2.33. The van der Waals surface area contributed by atoms with E-state index in [9.17, 15) is 0 Å². The molecular formula is C18H28N2O3. The molecule has 1 aromatic rings. The molecule has 0 saturated heterocycles. The predicted molar refractivity (Wildman–Crippen MR) is 91.9 cm³/mol. The topological polar surface area (TPSA) is 77.1 Å². The highest BCUT2D eigenvalue weighted by Gasteiger charge is 2.33. The molecule has 5 nitrogen and oxygen atoms in total. The van der Waals surface area contributed by atoms with Crippen LogP contribution in [0.3, 0.4) is 0 Å². The van der Waals surface area contributed by atoms with Gasteiger partial charge < -0.3 is 20.3 Å². The lowest BCUT2D eigenvalue weighted by atomic mass is 9.84. The molecule has 1 heterocycles. The summed E-state index contributed by atoms with van der Waals surface area (Å²) in [5.41, 5.74) is 6.56. The second kappa shape index (κ2) is 8.20. The summed E-state index contributed by atoms with van der Waals surface area (Å²) in [7, 11) is 1.00. The van der Waals surface area contributed by atoms with E-state index < -0.39 is 5.60 Å². The molecule has 1 aromatic carbocycles. The molecule has 0 radical (unpaired) electrons. The molecule has 0 bridgehead atoms. The van der Waals surface area contributed by atoms with E-state index in [0.29, 0.717) is 13.2 Å². The predicted octanol–water partition coefficient (Wildman–Crippen LogP) is 2.83. The molecular weight excluding hydrogens is 292 g/mol. The summed E-state index contributed by atoms with van der Waals surface area (Å²) in [5, 5.41) is 7.00. The Bertz CT molecular complexity index is 510. The zero-order chi connectivity index (χ0) is 16.7. The van der Waals surface area contributed by atoms with Crippen molar-refractivity contribution in [3.8, 4) is 5.75 Å². The van der Waals surface area contributed by atoms with Gasteiger partial charge in [0.15, 0.2) is 5.60 Å². The average Bonchev–Trinajstić information content (AvgIpc) is 2.96. The van der Waals surface area contributed by atoms with Gasteiger partial charge in [-0.2, -0.15) is 0 Å². The molecule has 0 aromatic heterocycles. The zero-order valence-electron chi connectivity index (χ0n) is 14.1. The van der Waals surface area contributed by atoms with Crippen molar-refractivity contribution in [1.29, 1.82) is 0 Å². The monoisotopic (exact) mass is 320 g/mol. The van der Waals surface area contributed by atoms with E-state index in [4.69, 9.17) is 20.3 Å². The summed E-state index contributed by atoms with van der Waals surface area (Å²) in [6.45, 7) is 2.98. The van der Waals surface area contributed by atoms with Crippen LogP contribution in [-0.4, -0.2) is 37.0 Å². The van der Waals surface area contributed by atoms with Gasteiger partial charge in [0.2, 0.25) is 0 Å². The average molecular weight is 320 g/mol. The van der Waals surface area contributed by atoms with Crippen LogP contribution in [0, 0.1) is 0 Å². The third-order valence-electron chi connectivity index (χ3n) is 4.42. The summed E-state index contributed by atoms with van der Waals surface area (Å²) in [6.07, 6.45) is 6.76. The first kappa shape index (κ1) is 17.6. The third kappa shape index (κ3) is 4.86. The van der Waals surface area contributed by atoms with Crippen LogP contribution in [0.15, 0.2) is 29.3 Å². The van der Waals surface area contributed by atoms with Crippen molar-refractivity contribution in [2.45, 2.75) is 50.5 Å². The first-order valence-electron chi connectivity index (χ1n) is 8.31. The molecule has 3 rings (SSSR count). The summed E-state index contributed by atoms with van der Waals surface area (Å²) < 4.78 is 11.3. The fraction of sp³-hybridized carbons (Fsp3) is 0.611. The second-order valence-corrected chi connectivity index (χ2v) is 6.40. The van der Waals surface area contributed by atoms with Gasteiger partial charge in [0, 0.05) is 7.11 Å². The van der Waals surface area contributed by atoms with Crippen molar-refractivity contribution in [3.05, 3.63) is 29.8 Å². The Labute approximate surface area is 138 Å². The Balaban J connectivity index is 0.000000924. The summed E-state index contributed by atoms with van der Waals surface area (Å²) in [5.74, 6) is 1.61. The normalized spacial score (nSPS) is 24.2. The van der Waals surface area contributed by atoms with E-state index in [1.165, 1.54) is 37.7 Å². The Morgan fingerprint density at radius 2 is 1.87 bits per heavy atom. The molecule has 2 aliphatic rings. The van der Waals surface area contributed by atoms with Gasteiger partial charge in [-0.05, 0) is 43.4 Å².